The molecule has 0 radical (unpaired) electrons. The van der Waals surface area contributed by atoms with Gasteiger partial charge in [-0.15, -0.1) is 0 Å². The molecule has 2 aromatic rings. The van der Waals surface area contributed by atoms with Gasteiger partial charge in [-0.05, 0) is 36.1 Å². The van der Waals surface area contributed by atoms with Crippen LogP contribution in [0.4, 0.5) is 0 Å². The van der Waals surface area contributed by atoms with E-state index in [2.05, 4.69) is 24.3 Å². The highest BCUT2D eigenvalue weighted by molar-refractivity contribution is 5.28. The zero-order chi connectivity index (χ0) is 12.9. The van der Waals surface area contributed by atoms with Crippen molar-refractivity contribution in [3.05, 3.63) is 65.7 Å². The quantitative estimate of drug-likeness (QED) is 0.735. The standard InChI is InChI=1S/C17H18O2/c1-2-4-15(5-3-1)12-18-16-9-6-14(7-10-16)8-11-17-13-19-17/h1-7,9-10,17H,8,11-13H2/t17-/m0/s1. The van der Waals surface area contributed by atoms with Gasteiger partial charge in [0.05, 0.1) is 12.7 Å². The first-order valence-electron chi connectivity index (χ1n) is 6.77. The molecule has 1 aliphatic heterocycles. The van der Waals surface area contributed by atoms with E-state index in [1.54, 1.807) is 0 Å². The minimum atomic E-state index is 0.508. The largest absolute Gasteiger partial charge is 0.489 e. The molecule has 0 bridgehead atoms. The summed E-state index contributed by atoms with van der Waals surface area (Å²) in [6.45, 7) is 1.56. The highest BCUT2D eigenvalue weighted by atomic mass is 16.6. The van der Waals surface area contributed by atoms with E-state index < -0.39 is 0 Å². The monoisotopic (exact) mass is 254 g/mol. The van der Waals surface area contributed by atoms with Crippen molar-refractivity contribution in [1.29, 1.82) is 0 Å². The third kappa shape index (κ3) is 3.83. The summed E-state index contributed by atoms with van der Waals surface area (Å²) in [6.07, 6.45) is 2.72. The Balaban J connectivity index is 1.50. The molecule has 0 saturated carbocycles. The first-order valence-corrected chi connectivity index (χ1v) is 6.77. The summed E-state index contributed by atoms with van der Waals surface area (Å²) < 4.78 is 11.0. The Morgan fingerprint density at radius 2 is 1.68 bits per heavy atom. The summed E-state index contributed by atoms with van der Waals surface area (Å²) in [5.41, 5.74) is 2.54. The number of benzene rings is 2. The van der Waals surface area contributed by atoms with E-state index in [0.717, 1.165) is 25.2 Å². The minimum absolute atomic E-state index is 0.508. The molecule has 0 unspecified atom stereocenters. The van der Waals surface area contributed by atoms with Gasteiger partial charge in [-0.25, -0.2) is 0 Å². The lowest BCUT2D eigenvalue weighted by atomic mass is 10.1. The van der Waals surface area contributed by atoms with Crippen LogP contribution in [0, 0.1) is 0 Å². The lowest BCUT2D eigenvalue weighted by Gasteiger charge is -2.07. The van der Waals surface area contributed by atoms with Crippen molar-refractivity contribution >= 4 is 0 Å². The molecular weight excluding hydrogens is 236 g/mol. The molecule has 1 fully saturated rings. The molecule has 0 amide bonds. The maximum absolute atomic E-state index is 5.76. The summed E-state index contributed by atoms with van der Waals surface area (Å²) in [7, 11) is 0. The Morgan fingerprint density at radius 3 is 2.37 bits per heavy atom. The average Bonchev–Trinajstić information content (AvgIpc) is 3.29. The molecular formula is C17H18O2. The van der Waals surface area contributed by atoms with Crippen molar-refractivity contribution in [2.24, 2.45) is 0 Å². The zero-order valence-corrected chi connectivity index (χ0v) is 10.9. The maximum atomic E-state index is 5.76. The van der Waals surface area contributed by atoms with Crippen molar-refractivity contribution in [2.75, 3.05) is 6.61 Å². The number of ether oxygens (including phenoxy) is 2. The van der Waals surface area contributed by atoms with E-state index in [1.165, 1.54) is 11.1 Å². The Labute approximate surface area is 114 Å². The van der Waals surface area contributed by atoms with Crippen LogP contribution in [0.3, 0.4) is 0 Å². The summed E-state index contributed by atoms with van der Waals surface area (Å²) in [4.78, 5) is 0. The van der Waals surface area contributed by atoms with Crippen LogP contribution in [0.5, 0.6) is 5.75 Å². The van der Waals surface area contributed by atoms with Crippen LogP contribution in [-0.2, 0) is 17.8 Å². The van der Waals surface area contributed by atoms with E-state index >= 15 is 0 Å². The van der Waals surface area contributed by atoms with Gasteiger partial charge in [0.25, 0.3) is 0 Å². The fraction of sp³-hybridized carbons (Fsp3) is 0.294. The predicted octanol–water partition coefficient (Wildman–Crippen LogP) is 3.60. The Hall–Kier alpha value is -1.80. The van der Waals surface area contributed by atoms with E-state index in [9.17, 15) is 0 Å². The van der Waals surface area contributed by atoms with Crippen molar-refractivity contribution in [1.82, 2.24) is 0 Å². The average molecular weight is 254 g/mol. The molecule has 1 saturated heterocycles. The maximum Gasteiger partial charge on any atom is 0.119 e. The number of hydrogen-bond donors (Lipinski definition) is 0. The lowest BCUT2D eigenvalue weighted by molar-refractivity contribution is 0.306. The fourth-order valence-corrected chi connectivity index (χ4v) is 2.06. The second-order valence-corrected chi connectivity index (χ2v) is 4.91. The van der Waals surface area contributed by atoms with Gasteiger partial charge in [-0.3, -0.25) is 0 Å². The van der Waals surface area contributed by atoms with Gasteiger partial charge in [0.1, 0.15) is 12.4 Å². The SMILES string of the molecule is c1ccc(COc2ccc(CC[C@H]3CO3)cc2)cc1. The van der Waals surface area contributed by atoms with Crippen LogP contribution in [-0.4, -0.2) is 12.7 Å². The molecule has 1 atom stereocenters. The Bertz CT molecular complexity index is 501. The van der Waals surface area contributed by atoms with Gasteiger partial charge in [0.15, 0.2) is 0 Å². The number of rotatable bonds is 6. The smallest absolute Gasteiger partial charge is 0.119 e. The summed E-state index contributed by atoms with van der Waals surface area (Å²) >= 11 is 0. The molecule has 1 aliphatic rings. The third-order valence-corrected chi connectivity index (χ3v) is 3.33. The van der Waals surface area contributed by atoms with Crippen LogP contribution < -0.4 is 4.74 Å². The van der Waals surface area contributed by atoms with Crippen molar-refractivity contribution in [2.45, 2.75) is 25.6 Å². The molecule has 0 N–H and O–H groups in total. The van der Waals surface area contributed by atoms with Crippen LogP contribution in [0.1, 0.15) is 17.5 Å². The molecule has 98 valence electrons. The molecule has 0 aliphatic carbocycles. The van der Waals surface area contributed by atoms with E-state index in [1.807, 2.05) is 30.3 Å². The topological polar surface area (TPSA) is 21.8 Å². The van der Waals surface area contributed by atoms with Gasteiger partial charge < -0.3 is 9.47 Å². The fourth-order valence-electron chi connectivity index (χ4n) is 2.06. The van der Waals surface area contributed by atoms with Crippen LogP contribution in [0.2, 0.25) is 0 Å². The van der Waals surface area contributed by atoms with Gasteiger partial charge >= 0.3 is 0 Å². The minimum Gasteiger partial charge on any atom is -0.489 e. The first kappa shape index (κ1) is 12.2. The Morgan fingerprint density at radius 1 is 0.947 bits per heavy atom. The summed E-state index contributed by atoms with van der Waals surface area (Å²) in [5.74, 6) is 0.926. The molecule has 2 heteroatoms. The highest BCUT2D eigenvalue weighted by Gasteiger charge is 2.21. The van der Waals surface area contributed by atoms with E-state index in [4.69, 9.17) is 9.47 Å². The normalized spacial score (nSPS) is 17.2. The number of hydrogen-bond acceptors (Lipinski definition) is 2. The van der Waals surface area contributed by atoms with Gasteiger partial charge in [0.2, 0.25) is 0 Å². The van der Waals surface area contributed by atoms with E-state index in [-0.39, 0.29) is 0 Å². The van der Waals surface area contributed by atoms with Crippen LogP contribution >= 0.6 is 0 Å². The first-order chi connectivity index (χ1) is 9.40. The molecule has 0 spiro atoms. The molecule has 19 heavy (non-hydrogen) atoms. The van der Waals surface area contributed by atoms with Crippen LogP contribution in [0.15, 0.2) is 54.6 Å². The van der Waals surface area contributed by atoms with Crippen molar-refractivity contribution in [3.63, 3.8) is 0 Å². The molecule has 3 rings (SSSR count). The molecule has 1 heterocycles. The third-order valence-electron chi connectivity index (χ3n) is 3.33. The number of epoxide rings is 1. The zero-order valence-electron chi connectivity index (χ0n) is 10.9. The van der Waals surface area contributed by atoms with E-state index in [0.29, 0.717) is 12.7 Å². The lowest BCUT2D eigenvalue weighted by Crippen LogP contribution is -1.95. The van der Waals surface area contributed by atoms with Gasteiger partial charge in [-0.2, -0.15) is 0 Å². The predicted molar refractivity (Wildman–Crippen MR) is 75.3 cm³/mol. The van der Waals surface area contributed by atoms with Crippen LogP contribution in [0.25, 0.3) is 0 Å². The van der Waals surface area contributed by atoms with Crippen molar-refractivity contribution < 1.29 is 9.47 Å². The molecule has 0 aromatic heterocycles. The summed E-state index contributed by atoms with van der Waals surface area (Å²) in [6, 6.07) is 18.6. The molecule has 2 aromatic carbocycles. The van der Waals surface area contributed by atoms with Gasteiger partial charge in [-0.1, -0.05) is 42.5 Å². The highest BCUT2D eigenvalue weighted by Crippen LogP contribution is 2.19. The number of aryl methyl sites for hydroxylation is 1. The van der Waals surface area contributed by atoms with Crippen molar-refractivity contribution in [3.8, 4) is 5.75 Å². The second-order valence-electron chi connectivity index (χ2n) is 4.91. The van der Waals surface area contributed by atoms with Gasteiger partial charge in [0, 0.05) is 0 Å². The molecule has 2 nitrogen and oxygen atoms in total. The summed E-state index contributed by atoms with van der Waals surface area (Å²) in [5, 5.41) is 0. The Kier molecular flexibility index (Phi) is 3.80. The second kappa shape index (κ2) is 5.89.